The lowest BCUT2D eigenvalue weighted by molar-refractivity contribution is -0.0157. The third-order valence-electron chi connectivity index (χ3n) is 4.45. The van der Waals surface area contributed by atoms with Crippen molar-refractivity contribution < 1.29 is 17.9 Å². The van der Waals surface area contributed by atoms with Gasteiger partial charge in [0.05, 0.1) is 12.7 Å². The van der Waals surface area contributed by atoms with Gasteiger partial charge in [-0.2, -0.15) is 0 Å². The lowest BCUT2D eigenvalue weighted by atomic mass is 10.1. The van der Waals surface area contributed by atoms with E-state index in [1.54, 1.807) is 29.2 Å². The number of sulfonamides is 1. The van der Waals surface area contributed by atoms with Gasteiger partial charge in [-0.3, -0.25) is 4.79 Å². The molecule has 2 aliphatic heterocycles. The number of nitrogens with one attached hydrogen (secondary N) is 1. The zero-order valence-electron chi connectivity index (χ0n) is 13.7. The zero-order chi connectivity index (χ0) is 17.2. The molecule has 0 radical (unpaired) electrons. The Bertz CT molecular complexity index is 674. The van der Waals surface area contributed by atoms with E-state index in [9.17, 15) is 13.2 Å². The molecule has 7 nitrogen and oxygen atoms in total. The standard InChI is InChI=1S/C16H23N3O4S/c1-18-7-8-23-14(10-18)9-17-24(21,22)15-11-19(12-15)16(20)13-5-3-2-4-6-13/h2-6,14-15,17H,7-12H2,1H3/t14-/m0/s1. The minimum atomic E-state index is -3.43. The number of morpholine rings is 1. The first-order valence-corrected chi connectivity index (χ1v) is 9.63. The summed E-state index contributed by atoms with van der Waals surface area (Å²) in [6.07, 6.45) is -0.124. The molecule has 3 rings (SSSR count). The first-order valence-electron chi connectivity index (χ1n) is 8.08. The van der Waals surface area contributed by atoms with Gasteiger partial charge in [-0.25, -0.2) is 13.1 Å². The fraction of sp³-hybridized carbons (Fsp3) is 0.562. The van der Waals surface area contributed by atoms with Gasteiger partial charge in [0.15, 0.2) is 0 Å². The highest BCUT2D eigenvalue weighted by Crippen LogP contribution is 2.18. The Morgan fingerprint density at radius 3 is 2.62 bits per heavy atom. The molecule has 2 saturated heterocycles. The van der Waals surface area contributed by atoms with Gasteiger partial charge in [0.25, 0.3) is 5.91 Å². The monoisotopic (exact) mass is 353 g/mol. The van der Waals surface area contributed by atoms with Crippen LogP contribution in [0.2, 0.25) is 0 Å². The number of carbonyl (C=O) groups is 1. The average Bonchev–Trinajstić information content (AvgIpc) is 2.52. The van der Waals surface area contributed by atoms with Crippen LogP contribution >= 0.6 is 0 Å². The molecule has 1 aromatic carbocycles. The van der Waals surface area contributed by atoms with Gasteiger partial charge in [-0.05, 0) is 19.2 Å². The van der Waals surface area contributed by atoms with Crippen LogP contribution in [-0.2, 0) is 14.8 Å². The van der Waals surface area contributed by atoms with E-state index in [0.717, 1.165) is 6.54 Å². The van der Waals surface area contributed by atoms with Crippen molar-refractivity contribution in [2.45, 2.75) is 11.4 Å². The van der Waals surface area contributed by atoms with Gasteiger partial charge >= 0.3 is 0 Å². The summed E-state index contributed by atoms with van der Waals surface area (Å²) >= 11 is 0. The number of rotatable bonds is 5. The number of nitrogens with zero attached hydrogens (tertiary/aromatic N) is 2. The second-order valence-corrected chi connectivity index (χ2v) is 8.39. The maximum Gasteiger partial charge on any atom is 0.253 e. The second-order valence-electron chi connectivity index (χ2n) is 6.35. The summed E-state index contributed by atoms with van der Waals surface area (Å²) in [7, 11) is -1.44. The second kappa shape index (κ2) is 7.18. The van der Waals surface area contributed by atoms with Crippen LogP contribution in [0.4, 0.5) is 0 Å². The van der Waals surface area contributed by atoms with E-state index < -0.39 is 15.3 Å². The van der Waals surface area contributed by atoms with Gasteiger partial charge < -0.3 is 14.5 Å². The van der Waals surface area contributed by atoms with Crippen molar-refractivity contribution in [3.8, 4) is 0 Å². The maximum atomic E-state index is 12.3. The van der Waals surface area contributed by atoms with E-state index in [4.69, 9.17) is 4.74 Å². The van der Waals surface area contributed by atoms with Crippen molar-refractivity contribution in [2.24, 2.45) is 0 Å². The maximum absolute atomic E-state index is 12.3. The van der Waals surface area contributed by atoms with Crippen LogP contribution in [0.1, 0.15) is 10.4 Å². The van der Waals surface area contributed by atoms with Crippen LogP contribution in [0, 0.1) is 0 Å². The third-order valence-corrected chi connectivity index (χ3v) is 6.19. The Hall–Kier alpha value is -1.48. The van der Waals surface area contributed by atoms with Gasteiger partial charge in [0.1, 0.15) is 5.25 Å². The Balaban J connectivity index is 1.48. The van der Waals surface area contributed by atoms with Crippen LogP contribution in [0.15, 0.2) is 30.3 Å². The van der Waals surface area contributed by atoms with Crippen molar-refractivity contribution in [1.82, 2.24) is 14.5 Å². The molecule has 2 heterocycles. The zero-order valence-corrected chi connectivity index (χ0v) is 14.5. The molecule has 132 valence electrons. The smallest absolute Gasteiger partial charge is 0.253 e. The summed E-state index contributed by atoms with van der Waals surface area (Å²) in [5.74, 6) is -0.126. The van der Waals surface area contributed by atoms with Crippen molar-refractivity contribution in [1.29, 1.82) is 0 Å². The molecule has 0 bridgehead atoms. The summed E-state index contributed by atoms with van der Waals surface area (Å²) in [4.78, 5) is 15.9. The third kappa shape index (κ3) is 3.94. The molecule has 0 aliphatic carbocycles. The highest BCUT2D eigenvalue weighted by atomic mass is 32.2. The Labute approximate surface area is 142 Å². The number of amides is 1. The first-order chi connectivity index (χ1) is 11.5. The fourth-order valence-electron chi connectivity index (χ4n) is 2.88. The number of likely N-dealkylation sites (tertiary alicyclic amines) is 1. The molecule has 2 aliphatic rings. The average molecular weight is 353 g/mol. The summed E-state index contributed by atoms with van der Waals surface area (Å²) in [6.45, 7) is 2.93. The van der Waals surface area contributed by atoms with Crippen molar-refractivity contribution in [3.63, 3.8) is 0 Å². The van der Waals surface area contributed by atoms with E-state index in [0.29, 0.717) is 18.7 Å². The molecule has 2 fully saturated rings. The summed E-state index contributed by atoms with van der Waals surface area (Å²) < 4.78 is 32.8. The number of hydrogen-bond donors (Lipinski definition) is 1. The quantitative estimate of drug-likeness (QED) is 0.791. The van der Waals surface area contributed by atoms with E-state index in [2.05, 4.69) is 9.62 Å². The van der Waals surface area contributed by atoms with Gasteiger partial charge in [0.2, 0.25) is 10.0 Å². The summed E-state index contributed by atoms with van der Waals surface area (Å²) in [6, 6.07) is 8.90. The number of hydrogen-bond acceptors (Lipinski definition) is 5. The van der Waals surface area contributed by atoms with Crippen LogP contribution in [0.5, 0.6) is 0 Å². The molecule has 8 heteroatoms. The van der Waals surface area contributed by atoms with Crippen LogP contribution in [-0.4, -0.2) is 81.9 Å². The molecule has 0 spiro atoms. The number of carbonyl (C=O) groups excluding carboxylic acids is 1. The molecule has 0 unspecified atom stereocenters. The molecule has 1 atom stereocenters. The van der Waals surface area contributed by atoms with E-state index in [-0.39, 0.29) is 31.6 Å². The van der Waals surface area contributed by atoms with Gasteiger partial charge in [-0.1, -0.05) is 18.2 Å². The SMILES string of the molecule is CN1CCO[C@@H](CNS(=O)(=O)C2CN(C(=O)c3ccccc3)C2)C1. The predicted octanol–water partition coefficient (Wildman–Crippen LogP) is -0.239. The van der Waals surface area contributed by atoms with Crippen LogP contribution in [0.25, 0.3) is 0 Å². The predicted molar refractivity (Wildman–Crippen MR) is 90.3 cm³/mol. The Morgan fingerprint density at radius 2 is 1.96 bits per heavy atom. The minimum absolute atomic E-state index is 0.124. The molecule has 0 aromatic heterocycles. The lowest BCUT2D eigenvalue weighted by Gasteiger charge is -2.39. The van der Waals surface area contributed by atoms with E-state index in [1.165, 1.54) is 0 Å². The number of ether oxygens (including phenoxy) is 1. The van der Waals surface area contributed by atoms with Crippen molar-refractivity contribution in [3.05, 3.63) is 35.9 Å². The fourth-order valence-corrected chi connectivity index (χ4v) is 4.29. The molecule has 24 heavy (non-hydrogen) atoms. The molecule has 1 aromatic rings. The molecule has 1 N–H and O–H groups in total. The number of benzene rings is 1. The van der Waals surface area contributed by atoms with Gasteiger partial charge in [-0.15, -0.1) is 0 Å². The summed E-state index contributed by atoms with van der Waals surface area (Å²) in [5.41, 5.74) is 0.583. The molecule has 1 amide bonds. The van der Waals surface area contributed by atoms with Crippen molar-refractivity contribution >= 4 is 15.9 Å². The Morgan fingerprint density at radius 1 is 1.25 bits per heavy atom. The number of likely N-dealkylation sites (N-methyl/N-ethyl adjacent to an activating group) is 1. The minimum Gasteiger partial charge on any atom is -0.374 e. The first kappa shape index (κ1) is 17.3. The largest absolute Gasteiger partial charge is 0.374 e. The van der Waals surface area contributed by atoms with Crippen LogP contribution < -0.4 is 4.72 Å². The van der Waals surface area contributed by atoms with Crippen molar-refractivity contribution in [2.75, 3.05) is 46.4 Å². The molecular formula is C16H23N3O4S. The highest BCUT2D eigenvalue weighted by molar-refractivity contribution is 7.90. The lowest BCUT2D eigenvalue weighted by Crippen LogP contribution is -2.60. The molecular weight excluding hydrogens is 330 g/mol. The summed E-state index contributed by atoms with van der Waals surface area (Å²) in [5, 5.41) is -0.550. The van der Waals surface area contributed by atoms with E-state index in [1.807, 2.05) is 13.1 Å². The Kier molecular flexibility index (Phi) is 5.19. The molecule has 0 saturated carbocycles. The normalized spacial score (nSPS) is 23.0. The van der Waals surface area contributed by atoms with Gasteiger partial charge in [0, 0.05) is 38.3 Å². The highest BCUT2D eigenvalue weighted by Gasteiger charge is 2.40. The topological polar surface area (TPSA) is 79.0 Å². The van der Waals surface area contributed by atoms with Crippen LogP contribution in [0.3, 0.4) is 0 Å². The van der Waals surface area contributed by atoms with E-state index >= 15 is 0 Å².